The minimum atomic E-state index is 0.123. The number of hydroxylamine groups is 2. The van der Waals surface area contributed by atoms with Crippen molar-refractivity contribution in [2.75, 3.05) is 32.8 Å². The van der Waals surface area contributed by atoms with Crippen LogP contribution in [-0.4, -0.2) is 63.3 Å². The SMILES string of the molecule is C=C[SiH3].CCN(CC)C(=S)ON1CCCCC1.CCOC(N)=S. The number of nitrogens with zero attached hydrogens (tertiary/aromatic N) is 2. The fraction of sp³-hybridized carbons (Fsp3) is 0.733. The number of thiocarbonyl (C=S) groups is 2. The van der Waals surface area contributed by atoms with Crippen molar-refractivity contribution in [3.05, 3.63) is 12.3 Å². The Balaban J connectivity index is 0. The molecule has 0 radical (unpaired) electrons. The highest BCUT2D eigenvalue weighted by Gasteiger charge is 2.15. The van der Waals surface area contributed by atoms with Crippen LogP contribution in [0.5, 0.6) is 0 Å². The lowest BCUT2D eigenvalue weighted by atomic mass is 10.2. The van der Waals surface area contributed by atoms with Gasteiger partial charge >= 0.3 is 0 Å². The van der Waals surface area contributed by atoms with Crippen molar-refractivity contribution in [3.8, 4) is 0 Å². The Bertz CT molecular complexity index is 324. The molecule has 0 aromatic rings. The smallest absolute Gasteiger partial charge is 0.281 e. The summed E-state index contributed by atoms with van der Waals surface area (Å²) in [5.74, 6) is 0. The molecule has 1 rings (SSSR count). The summed E-state index contributed by atoms with van der Waals surface area (Å²) in [6.45, 7) is 13.9. The second-order valence-corrected chi connectivity index (χ2v) is 6.25. The highest BCUT2D eigenvalue weighted by atomic mass is 32.1. The van der Waals surface area contributed by atoms with Gasteiger partial charge in [0.2, 0.25) is 0 Å². The number of piperidine rings is 1. The highest BCUT2D eigenvalue weighted by Crippen LogP contribution is 2.10. The second-order valence-electron chi connectivity index (χ2n) is 4.68. The van der Waals surface area contributed by atoms with Gasteiger partial charge in [-0.25, -0.2) is 0 Å². The summed E-state index contributed by atoms with van der Waals surface area (Å²) in [5, 5.41) is 2.74. The van der Waals surface area contributed by atoms with E-state index >= 15 is 0 Å². The summed E-state index contributed by atoms with van der Waals surface area (Å²) in [6, 6.07) is 0. The first-order valence-corrected chi connectivity index (χ1v) is 10.1. The summed E-state index contributed by atoms with van der Waals surface area (Å²) < 4.78 is 4.55. The molecule has 0 aliphatic carbocycles. The molecule has 0 atom stereocenters. The van der Waals surface area contributed by atoms with Gasteiger partial charge in [0.25, 0.3) is 10.3 Å². The van der Waals surface area contributed by atoms with Crippen molar-refractivity contribution >= 4 is 45.0 Å². The van der Waals surface area contributed by atoms with E-state index in [0.29, 0.717) is 11.8 Å². The second kappa shape index (κ2) is 17.6. The predicted octanol–water partition coefficient (Wildman–Crippen LogP) is 1.79. The Labute approximate surface area is 155 Å². The molecule has 5 nitrogen and oxygen atoms in total. The Kier molecular flexibility index (Phi) is 18.8. The molecule has 1 aliphatic heterocycles. The Morgan fingerprint density at radius 2 is 1.70 bits per heavy atom. The average Bonchev–Trinajstić information content (AvgIpc) is 2.51. The summed E-state index contributed by atoms with van der Waals surface area (Å²) in [7, 11) is 1.13. The van der Waals surface area contributed by atoms with Crippen LogP contribution in [0.1, 0.15) is 40.0 Å². The van der Waals surface area contributed by atoms with Crippen LogP contribution in [0, 0.1) is 0 Å². The third-order valence-electron chi connectivity index (χ3n) is 2.83. The summed E-state index contributed by atoms with van der Waals surface area (Å²) in [6.07, 6.45) is 3.76. The van der Waals surface area contributed by atoms with Gasteiger partial charge in [0.05, 0.1) is 6.61 Å². The maximum Gasteiger partial charge on any atom is 0.281 e. The standard InChI is InChI=1S/C10H20N2OS.C3H7NOS.C2H6Si/c1-3-11(4-2)10(14)13-12-8-6-5-7-9-12;1-2-5-3(4)6;1-2-3/h3-9H2,1-2H3;2H2,1H3,(H2,4,6);2H,1H2,3H3. The largest absolute Gasteiger partial charge is 0.472 e. The van der Waals surface area contributed by atoms with Gasteiger partial charge < -0.3 is 20.2 Å². The van der Waals surface area contributed by atoms with Crippen LogP contribution in [-0.2, 0) is 9.57 Å². The molecule has 0 unspecified atom stereocenters. The summed E-state index contributed by atoms with van der Waals surface area (Å²) in [4.78, 5) is 7.69. The summed E-state index contributed by atoms with van der Waals surface area (Å²) >= 11 is 9.57. The van der Waals surface area contributed by atoms with E-state index in [0.717, 1.165) is 36.4 Å². The van der Waals surface area contributed by atoms with Gasteiger partial charge in [-0.1, -0.05) is 6.42 Å². The minimum Gasteiger partial charge on any atom is -0.472 e. The van der Waals surface area contributed by atoms with Gasteiger partial charge in [-0.15, -0.1) is 17.3 Å². The number of ether oxygens (including phenoxy) is 1. The van der Waals surface area contributed by atoms with E-state index in [2.05, 4.69) is 42.3 Å². The number of nitrogens with two attached hydrogens (primary N) is 1. The fourth-order valence-electron chi connectivity index (χ4n) is 1.75. The molecule has 1 aliphatic rings. The monoisotopic (exact) mass is 379 g/mol. The third-order valence-corrected chi connectivity index (χ3v) is 3.28. The van der Waals surface area contributed by atoms with E-state index in [9.17, 15) is 0 Å². The first-order chi connectivity index (χ1) is 11.0. The fourth-order valence-corrected chi connectivity index (χ4v) is 2.23. The van der Waals surface area contributed by atoms with Crippen LogP contribution < -0.4 is 5.73 Å². The molecule has 8 heteroatoms. The van der Waals surface area contributed by atoms with Crippen LogP contribution in [0.15, 0.2) is 12.3 Å². The lowest BCUT2D eigenvalue weighted by molar-refractivity contribution is -0.0942. The normalized spacial score (nSPS) is 13.5. The van der Waals surface area contributed by atoms with Crippen LogP contribution >= 0.6 is 24.4 Å². The molecule has 23 heavy (non-hydrogen) atoms. The van der Waals surface area contributed by atoms with Crippen molar-refractivity contribution in [2.24, 2.45) is 5.73 Å². The van der Waals surface area contributed by atoms with Gasteiger partial charge in [-0.2, -0.15) is 0 Å². The molecule has 136 valence electrons. The quantitative estimate of drug-likeness (QED) is 0.590. The zero-order chi connectivity index (χ0) is 18.1. The van der Waals surface area contributed by atoms with E-state index < -0.39 is 0 Å². The molecule has 1 heterocycles. The lowest BCUT2D eigenvalue weighted by Gasteiger charge is -2.29. The first-order valence-electron chi connectivity index (χ1n) is 8.17. The van der Waals surface area contributed by atoms with E-state index in [1.54, 1.807) is 0 Å². The number of hydrogen-bond donors (Lipinski definition) is 1. The van der Waals surface area contributed by atoms with E-state index in [1.165, 1.54) is 19.3 Å². The molecule has 0 aromatic heterocycles. The van der Waals surface area contributed by atoms with Gasteiger partial charge in [0.1, 0.15) is 0 Å². The molecule has 0 bridgehead atoms. The summed E-state index contributed by atoms with van der Waals surface area (Å²) in [5.41, 5.74) is 6.80. The Morgan fingerprint density at radius 1 is 1.22 bits per heavy atom. The van der Waals surface area contributed by atoms with Gasteiger partial charge in [-0.05, 0) is 58.0 Å². The molecule has 2 N–H and O–H groups in total. The molecule has 1 fully saturated rings. The van der Waals surface area contributed by atoms with Crippen LogP contribution in [0.3, 0.4) is 0 Å². The zero-order valence-corrected chi connectivity index (χ0v) is 18.7. The van der Waals surface area contributed by atoms with E-state index in [-0.39, 0.29) is 5.17 Å². The average molecular weight is 380 g/mol. The predicted molar refractivity (Wildman–Crippen MR) is 111 cm³/mol. The molecule has 0 saturated carbocycles. The van der Waals surface area contributed by atoms with Gasteiger partial charge in [-0.3, -0.25) is 0 Å². The van der Waals surface area contributed by atoms with Crippen molar-refractivity contribution in [2.45, 2.75) is 40.0 Å². The first kappa shape index (κ1) is 24.5. The minimum absolute atomic E-state index is 0.123. The van der Waals surface area contributed by atoms with Crippen LogP contribution in [0.4, 0.5) is 0 Å². The third kappa shape index (κ3) is 16.0. The number of hydrogen-bond acceptors (Lipinski definition) is 5. The number of rotatable bonds is 4. The van der Waals surface area contributed by atoms with Crippen molar-refractivity contribution < 1.29 is 9.57 Å². The Morgan fingerprint density at radius 3 is 2.00 bits per heavy atom. The zero-order valence-electron chi connectivity index (χ0n) is 15.0. The van der Waals surface area contributed by atoms with Crippen molar-refractivity contribution in [3.63, 3.8) is 0 Å². The molecule has 0 amide bonds. The lowest BCUT2D eigenvalue weighted by Crippen LogP contribution is -2.39. The van der Waals surface area contributed by atoms with Gasteiger partial charge in [0.15, 0.2) is 0 Å². The van der Waals surface area contributed by atoms with Gasteiger partial charge in [0, 0.05) is 36.4 Å². The van der Waals surface area contributed by atoms with Crippen molar-refractivity contribution in [1.82, 2.24) is 9.96 Å². The van der Waals surface area contributed by atoms with Crippen LogP contribution in [0.25, 0.3) is 0 Å². The molecule has 1 saturated heterocycles. The molecular formula is C15H33N3O2S2Si. The van der Waals surface area contributed by atoms with E-state index in [1.807, 2.05) is 17.7 Å². The van der Waals surface area contributed by atoms with E-state index in [4.69, 9.17) is 22.8 Å². The van der Waals surface area contributed by atoms with Crippen LogP contribution in [0.2, 0.25) is 0 Å². The van der Waals surface area contributed by atoms with Crippen molar-refractivity contribution in [1.29, 1.82) is 0 Å². The topological polar surface area (TPSA) is 51.0 Å². The molecular weight excluding hydrogens is 346 g/mol. The highest BCUT2D eigenvalue weighted by molar-refractivity contribution is 7.80. The maximum atomic E-state index is 5.63. The Hall–Kier alpha value is -0.703. The molecule has 0 aromatic carbocycles. The molecule has 0 spiro atoms. The maximum absolute atomic E-state index is 5.63.